The van der Waals surface area contributed by atoms with Crippen molar-refractivity contribution in [2.24, 2.45) is 0 Å². The van der Waals surface area contributed by atoms with Crippen molar-refractivity contribution in [2.75, 3.05) is 11.9 Å². The summed E-state index contributed by atoms with van der Waals surface area (Å²) in [5, 5.41) is 14.6. The summed E-state index contributed by atoms with van der Waals surface area (Å²) in [7, 11) is 0. The highest BCUT2D eigenvalue weighted by Crippen LogP contribution is 2.40. The van der Waals surface area contributed by atoms with Crippen molar-refractivity contribution in [1.29, 1.82) is 0 Å². The Bertz CT molecular complexity index is 674. The first kappa shape index (κ1) is 13.9. The van der Waals surface area contributed by atoms with Crippen molar-refractivity contribution in [3.8, 4) is 0 Å². The Kier molecular flexibility index (Phi) is 3.33. The number of anilines is 1. The molecule has 0 aliphatic heterocycles. The van der Waals surface area contributed by atoms with Crippen LogP contribution in [0.15, 0.2) is 22.6 Å². The molecular weight excluding hydrogens is 270 g/mol. The maximum atomic E-state index is 11.9. The number of aromatic nitrogens is 1. The Labute approximate surface area is 122 Å². The van der Waals surface area contributed by atoms with E-state index in [-0.39, 0.29) is 12.6 Å². The Morgan fingerprint density at radius 3 is 2.90 bits per heavy atom. The van der Waals surface area contributed by atoms with E-state index in [0.717, 1.165) is 29.8 Å². The zero-order valence-corrected chi connectivity index (χ0v) is 12.1. The molecule has 1 heterocycles. The maximum absolute atomic E-state index is 11.9. The number of aliphatic hydroxyl groups is 1. The second kappa shape index (κ2) is 5.04. The third-order valence-electron chi connectivity index (χ3n) is 3.44. The average Bonchev–Trinajstić information content (AvgIpc) is 3.18. The highest BCUT2D eigenvalue weighted by Gasteiger charge is 2.29. The lowest BCUT2D eigenvalue weighted by Crippen LogP contribution is -2.48. The molecule has 1 aliphatic rings. The largest absolute Gasteiger partial charge is 0.440 e. The quantitative estimate of drug-likeness (QED) is 0.807. The number of carbonyl (C=O) groups excluding carboxylic acids is 1. The normalized spacial score (nSPS) is 15.2. The molecule has 1 saturated carbocycles. The fraction of sp³-hybridized carbons (Fsp3) is 0.467. The number of hydrogen-bond donors (Lipinski definition) is 3. The molecule has 6 nitrogen and oxygen atoms in total. The van der Waals surface area contributed by atoms with Gasteiger partial charge in [0.2, 0.25) is 0 Å². The lowest BCUT2D eigenvalue weighted by Gasteiger charge is -2.23. The van der Waals surface area contributed by atoms with Crippen molar-refractivity contribution in [3.05, 3.63) is 24.1 Å². The molecule has 21 heavy (non-hydrogen) atoms. The topological polar surface area (TPSA) is 87.4 Å². The van der Waals surface area contributed by atoms with E-state index in [9.17, 15) is 4.79 Å². The number of oxazole rings is 1. The lowest BCUT2D eigenvalue weighted by molar-refractivity contribution is 0.187. The maximum Gasteiger partial charge on any atom is 0.319 e. The van der Waals surface area contributed by atoms with Crippen molar-refractivity contribution in [2.45, 2.75) is 38.1 Å². The van der Waals surface area contributed by atoms with Crippen LogP contribution in [-0.2, 0) is 0 Å². The van der Waals surface area contributed by atoms with Crippen molar-refractivity contribution in [3.63, 3.8) is 0 Å². The zero-order chi connectivity index (χ0) is 15.0. The molecule has 0 saturated heterocycles. The highest BCUT2D eigenvalue weighted by molar-refractivity contribution is 5.92. The zero-order valence-electron chi connectivity index (χ0n) is 12.1. The van der Waals surface area contributed by atoms with Crippen LogP contribution < -0.4 is 10.6 Å². The number of aliphatic hydroxyl groups excluding tert-OH is 1. The minimum Gasteiger partial charge on any atom is -0.440 e. The molecular formula is C15H19N3O3. The van der Waals surface area contributed by atoms with Gasteiger partial charge in [0.15, 0.2) is 11.5 Å². The fourth-order valence-corrected chi connectivity index (χ4v) is 2.04. The molecule has 0 unspecified atom stereocenters. The average molecular weight is 289 g/mol. The van der Waals surface area contributed by atoms with Gasteiger partial charge in [-0.1, -0.05) is 0 Å². The van der Waals surface area contributed by atoms with Crippen molar-refractivity contribution >= 4 is 22.8 Å². The monoisotopic (exact) mass is 289 g/mol. The number of hydrogen-bond acceptors (Lipinski definition) is 4. The predicted molar refractivity (Wildman–Crippen MR) is 79.3 cm³/mol. The second-order valence-corrected chi connectivity index (χ2v) is 6.13. The molecule has 2 aromatic rings. The van der Waals surface area contributed by atoms with Gasteiger partial charge in [0.05, 0.1) is 12.1 Å². The summed E-state index contributed by atoms with van der Waals surface area (Å²) in [5.74, 6) is 1.25. The number of fused-ring (bicyclic) bond motifs is 1. The van der Waals surface area contributed by atoms with Gasteiger partial charge in [0.1, 0.15) is 5.52 Å². The number of urea groups is 1. The van der Waals surface area contributed by atoms with Crippen LogP contribution in [-0.4, -0.2) is 28.3 Å². The van der Waals surface area contributed by atoms with Gasteiger partial charge >= 0.3 is 6.03 Å². The summed E-state index contributed by atoms with van der Waals surface area (Å²) in [6.45, 7) is 3.36. The summed E-state index contributed by atoms with van der Waals surface area (Å²) in [4.78, 5) is 16.3. The lowest BCUT2D eigenvalue weighted by atomic mass is 10.1. The van der Waals surface area contributed by atoms with E-state index in [2.05, 4.69) is 15.6 Å². The minimum atomic E-state index is -0.665. The predicted octanol–water partition coefficient (Wildman–Crippen LogP) is 2.60. The molecule has 6 heteroatoms. The molecule has 1 aromatic heterocycles. The Morgan fingerprint density at radius 1 is 1.48 bits per heavy atom. The first-order valence-corrected chi connectivity index (χ1v) is 7.07. The minimum absolute atomic E-state index is 0.131. The number of nitrogens with one attached hydrogen (secondary N) is 2. The number of benzene rings is 1. The summed E-state index contributed by atoms with van der Waals surface area (Å²) >= 11 is 0. The van der Waals surface area contributed by atoms with Gasteiger partial charge in [-0.05, 0) is 44.9 Å². The summed E-state index contributed by atoms with van der Waals surface area (Å²) < 4.78 is 5.68. The van der Waals surface area contributed by atoms with Gasteiger partial charge in [-0.25, -0.2) is 9.78 Å². The summed E-state index contributed by atoms with van der Waals surface area (Å²) in [5.41, 5.74) is 1.46. The van der Waals surface area contributed by atoms with Crippen LogP contribution >= 0.6 is 0 Å². The summed E-state index contributed by atoms with van der Waals surface area (Å²) in [6, 6.07) is 5.01. The van der Waals surface area contributed by atoms with E-state index in [1.807, 2.05) is 0 Å². The number of amides is 2. The molecule has 0 radical (unpaired) electrons. The summed E-state index contributed by atoms with van der Waals surface area (Å²) in [6.07, 6.45) is 2.27. The van der Waals surface area contributed by atoms with Crippen LogP contribution in [0.5, 0.6) is 0 Å². The standard InChI is InChI=1S/C15H19N3O3/c1-15(2,8-19)18-14(20)16-10-5-6-12-11(7-10)17-13(21-12)9-3-4-9/h5-7,9,19H,3-4,8H2,1-2H3,(H2,16,18,20). The van der Waals surface area contributed by atoms with Crippen molar-refractivity contribution in [1.82, 2.24) is 10.3 Å². The van der Waals surface area contributed by atoms with E-state index in [0.29, 0.717) is 11.6 Å². The van der Waals surface area contributed by atoms with Crippen LogP contribution in [0.2, 0.25) is 0 Å². The van der Waals surface area contributed by atoms with Crippen molar-refractivity contribution < 1.29 is 14.3 Å². The van der Waals surface area contributed by atoms with Crippen LogP contribution in [0.25, 0.3) is 11.1 Å². The third-order valence-corrected chi connectivity index (χ3v) is 3.44. The number of carbonyl (C=O) groups is 1. The molecule has 112 valence electrons. The molecule has 3 N–H and O–H groups in total. The van der Waals surface area contributed by atoms with Gasteiger partial charge in [0.25, 0.3) is 0 Å². The molecule has 1 aliphatic carbocycles. The van der Waals surface area contributed by atoms with E-state index in [1.54, 1.807) is 32.0 Å². The van der Waals surface area contributed by atoms with E-state index in [1.165, 1.54) is 0 Å². The van der Waals surface area contributed by atoms with Gasteiger partial charge in [-0.2, -0.15) is 0 Å². The second-order valence-electron chi connectivity index (χ2n) is 6.13. The van der Waals surface area contributed by atoms with Gasteiger partial charge in [0, 0.05) is 11.6 Å². The highest BCUT2D eigenvalue weighted by atomic mass is 16.3. The Balaban J connectivity index is 1.73. The molecule has 2 amide bonds. The van der Waals surface area contributed by atoms with E-state index < -0.39 is 5.54 Å². The number of nitrogens with zero attached hydrogens (tertiary/aromatic N) is 1. The van der Waals surface area contributed by atoms with Gasteiger partial charge in [-0.3, -0.25) is 0 Å². The third kappa shape index (κ3) is 3.16. The molecule has 3 rings (SSSR count). The van der Waals surface area contributed by atoms with Crippen LogP contribution in [0.4, 0.5) is 10.5 Å². The van der Waals surface area contributed by atoms with E-state index in [4.69, 9.17) is 9.52 Å². The first-order valence-electron chi connectivity index (χ1n) is 7.07. The Morgan fingerprint density at radius 2 is 2.24 bits per heavy atom. The van der Waals surface area contributed by atoms with Gasteiger partial charge in [-0.15, -0.1) is 0 Å². The SMILES string of the molecule is CC(C)(CO)NC(=O)Nc1ccc2oc(C3CC3)nc2c1. The molecule has 0 bridgehead atoms. The van der Waals surface area contributed by atoms with Crippen LogP contribution in [0.1, 0.15) is 38.5 Å². The van der Waals surface area contributed by atoms with E-state index >= 15 is 0 Å². The first-order chi connectivity index (χ1) is 9.97. The van der Waals surface area contributed by atoms with Crippen LogP contribution in [0.3, 0.4) is 0 Å². The molecule has 1 aromatic carbocycles. The fourth-order valence-electron chi connectivity index (χ4n) is 2.04. The molecule has 0 spiro atoms. The number of rotatable bonds is 4. The van der Waals surface area contributed by atoms with Gasteiger partial charge < -0.3 is 20.2 Å². The van der Waals surface area contributed by atoms with Crippen LogP contribution in [0, 0.1) is 0 Å². The smallest absolute Gasteiger partial charge is 0.319 e. The Hall–Kier alpha value is -2.08. The molecule has 1 fully saturated rings. The molecule has 0 atom stereocenters.